The Morgan fingerprint density at radius 2 is 1.74 bits per heavy atom. The molecule has 4 heteroatoms. The van der Waals surface area contributed by atoms with Crippen LogP contribution >= 0.6 is 11.6 Å². The molecule has 0 bridgehead atoms. The van der Waals surface area contributed by atoms with Gasteiger partial charge in [-0.3, -0.25) is 4.79 Å². The van der Waals surface area contributed by atoms with Crippen LogP contribution in [-0.4, -0.2) is 20.0 Å². The van der Waals surface area contributed by atoms with Crippen LogP contribution in [0.2, 0.25) is 5.02 Å². The highest BCUT2D eigenvalue weighted by molar-refractivity contribution is 6.32. The minimum atomic E-state index is 0.104. The number of Topliss-reactive ketones (excluding diaryl/α,β-unsaturated/α-hetero) is 1. The molecule has 1 aliphatic rings. The summed E-state index contributed by atoms with van der Waals surface area (Å²) in [7, 11) is 3.10. The lowest BCUT2D eigenvalue weighted by molar-refractivity contribution is 0.0886. The highest BCUT2D eigenvalue weighted by Crippen LogP contribution is 2.36. The van der Waals surface area contributed by atoms with E-state index in [-0.39, 0.29) is 11.7 Å². The number of carbonyl (C=O) groups is 1. The van der Waals surface area contributed by atoms with Gasteiger partial charge in [0.15, 0.2) is 5.78 Å². The molecule has 0 amide bonds. The Balaban J connectivity index is 2.32. The van der Waals surface area contributed by atoms with Crippen LogP contribution in [0.3, 0.4) is 0 Å². The van der Waals surface area contributed by atoms with Gasteiger partial charge in [0.05, 0.1) is 24.8 Å². The first-order valence-corrected chi connectivity index (χ1v) is 7.01. The lowest BCUT2D eigenvalue weighted by atomic mass is 9.83. The molecule has 1 saturated carbocycles. The second-order valence-corrected chi connectivity index (χ2v) is 5.29. The van der Waals surface area contributed by atoms with Crippen molar-refractivity contribution in [3.8, 4) is 11.5 Å². The summed E-state index contributed by atoms with van der Waals surface area (Å²) in [5, 5.41) is 0.447. The van der Waals surface area contributed by atoms with Gasteiger partial charge in [0, 0.05) is 12.0 Å². The quantitative estimate of drug-likeness (QED) is 0.779. The summed E-state index contributed by atoms with van der Waals surface area (Å²) in [5.41, 5.74) is 0.570. The van der Waals surface area contributed by atoms with Gasteiger partial charge < -0.3 is 9.47 Å². The molecule has 0 heterocycles. The van der Waals surface area contributed by atoms with Gasteiger partial charge in [-0.05, 0) is 18.9 Å². The highest BCUT2D eigenvalue weighted by Gasteiger charge is 2.25. The smallest absolute Gasteiger partial charge is 0.169 e. The third-order valence-electron chi connectivity index (χ3n) is 3.72. The van der Waals surface area contributed by atoms with E-state index in [4.69, 9.17) is 21.1 Å². The minimum absolute atomic E-state index is 0.104. The van der Waals surface area contributed by atoms with Gasteiger partial charge >= 0.3 is 0 Å². The molecule has 3 nitrogen and oxygen atoms in total. The number of ether oxygens (including phenoxy) is 2. The summed E-state index contributed by atoms with van der Waals surface area (Å²) in [6, 6.07) is 3.34. The Morgan fingerprint density at radius 1 is 1.11 bits per heavy atom. The van der Waals surface area contributed by atoms with Crippen molar-refractivity contribution in [1.82, 2.24) is 0 Å². The Kier molecular flexibility index (Phi) is 4.70. The molecule has 0 aliphatic heterocycles. The summed E-state index contributed by atoms with van der Waals surface area (Å²) in [5.74, 6) is 1.31. The molecular formula is C15H19ClO3. The van der Waals surface area contributed by atoms with Crippen LogP contribution < -0.4 is 9.47 Å². The zero-order chi connectivity index (χ0) is 13.8. The number of hydrogen-bond acceptors (Lipinski definition) is 3. The number of benzene rings is 1. The lowest BCUT2D eigenvalue weighted by Gasteiger charge is -2.21. The monoisotopic (exact) mass is 282 g/mol. The van der Waals surface area contributed by atoms with E-state index in [0.717, 1.165) is 25.7 Å². The molecular weight excluding hydrogens is 264 g/mol. The summed E-state index contributed by atoms with van der Waals surface area (Å²) in [6.07, 6.45) is 5.41. The van der Waals surface area contributed by atoms with Crippen molar-refractivity contribution in [3.05, 3.63) is 22.7 Å². The van der Waals surface area contributed by atoms with Gasteiger partial charge in [-0.1, -0.05) is 30.9 Å². The zero-order valence-corrected chi connectivity index (χ0v) is 12.1. The summed E-state index contributed by atoms with van der Waals surface area (Å²) >= 11 is 6.11. The Labute approximate surface area is 118 Å². The van der Waals surface area contributed by atoms with Crippen LogP contribution in [0.1, 0.15) is 42.5 Å². The molecule has 1 aromatic rings. The second kappa shape index (κ2) is 6.29. The maximum Gasteiger partial charge on any atom is 0.169 e. The van der Waals surface area contributed by atoms with Gasteiger partial charge in [0.25, 0.3) is 0 Å². The van der Waals surface area contributed by atoms with Crippen LogP contribution in [0.5, 0.6) is 11.5 Å². The first-order valence-electron chi connectivity index (χ1n) is 6.63. The van der Waals surface area contributed by atoms with Crippen molar-refractivity contribution in [1.29, 1.82) is 0 Å². The first-order chi connectivity index (χ1) is 9.17. The average molecular weight is 283 g/mol. The van der Waals surface area contributed by atoms with Crippen LogP contribution in [-0.2, 0) is 0 Å². The first kappa shape index (κ1) is 14.2. The van der Waals surface area contributed by atoms with Gasteiger partial charge in [0.1, 0.15) is 11.5 Å². The lowest BCUT2D eigenvalue weighted by Crippen LogP contribution is -2.18. The van der Waals surface area contributed by atoms with E-state index in [0.29, 0.717) is 22.1 Å². The Morgan fingerprint density at radius 3 is 2.32 bits per heavy atom. The van der Waals surface area contributed by atoms with E-state index in [1.54, 1.807) is 26.4 Å². The topological polar surface area (TPSA) is 35.5 Å². The molecule has 0 saturated heterocycles. The van der Waals surface area contributed by atoms with Crippen molar-refractivity contribution >= 4 is 17.4 Å². The Bertz CT molecular complexity index is 465. The van der Waals surface area contributed by atoms with E-state index in [1.807, 2.05) is 0 Å². The van der Waals surface area contributed by atoms with Crippen molar-refractivity contribution in [2.75, 3.05) is 14.2 Å². The number of methoxy groups -OCH3 is 2. The fraction of sp³-hybridized carbons (Fsp3) is 0.533. The molecule has 0 N–H and O–H groups in total. The SMILES string of the molecule is COc1cc(OC)c(C(=O)C2CCCCC2)cc1Cl. The molecule has 1 aromatic carbocycles. The normalized spacial score (nSPS) is 16.2. The van der Waals surface area contributed by atoms with E-state index in [1.165, 1.54) is 6.42 Å². The summed E-state index contributed by atoms with van der Waals surface area (Å²) in [4.78, 5) is 12.6. The molecule has 0 unspecified atom stereocenters. The maximum absolute atomic E-state index is 12.6. The standard InChI is InChI=1S/C15H19ClO3/c1-18-13-9-14(19-2)12(16)8-11(13)15(17)10-6-4-3-5-7-10/h8-10H,3-7H2,1-2H3. The van der Waals surface area contributed by atoms with E-state index >= 15 is 0 Å². The van der Waals surface area contributed by atoms with Gasteiger partial charge in [-0.25, -0.2) is 0 Å². The van der Waals surface area contributed by atoms with Crippen molar-refractivity contribution in [2.24, 2.45) is 5.92 Å². The fourth-order valence-corrected chi connectivity index (χ4v) is 2.88. The third-order valence-corrected chi connectivity index (χ3v) is 4.01. The number of carbonyl (C=O) groups excluding carboxylic acids is 1. The van der Waals surface area contributed by atoms with E-state index < -0.39 is 0 Å². The third kappa shape index (κ3) is 3.03. The molecule has 1 aliphatic carbocycles. The zero-order valence-electron chi connectivity index (χ0n) is 11.4. The molecule has 0 aromatic heterocycles. The van der Waals surface area contributed by atoms with Gasteiger partial charge in [-0.2, -0.15) is 0 Å². The van der Waals surface area contributed by atoms with Crippen molar-refractivity contribution in [3.63, 3.8) is 0 Å². The molecule has 104 valence electrons. The second-order valence-electron chi connectivity index (χ2n) is 4.89. The largest absolute Gasteiger partial charge is 0.496 e. The summed E-state index contributed by atoms with van der Waals surface area (Å²) < 4.78 is 10.4. The highest BCUT2D eigenvalue weighted by atomic mass is 35.5. The fourth-order valence-electron chi connectivity index (χ4n) is 2.64. The predicted molar refractivity (Wildman–Crippen MR) is 75.5 cm³/mol. The van der Waals surface area contributed by atoms with Crippen LogP contribution in [0.15, 0.2) is 12.1 Å². The number of rotatable bonds is 4. The molecule has 0 radical (unpaired) electrons. The minimum Gasteiger partial charge on any atom is -0.496 e. The van der Waals surface area contributed by atoms with Gasteiger partial charge in [0.2, 0.25) is 0 Å². The van der Waals surface area contributed by atoms with Gasteiger partial charge in [-0.15, -0.1) is 0 Å². The van der Waals surface area contributed by atoms with Crippen LogP contribution in [0.25, 0.3) is 0 Å². The molecule has 0 atom stereocenters. The van der Waals surface area contributed by atoms with E-state index in [9.17, 15) is 4.79 Å². The van der Waals surface area contributed by atoms with Crippen LogP contribution in [0, 0.1) is 5.92 Å². The molecule has 2 rings (SSSR count). The number of ketones is 1. The Hall–Kier alpha value is -1.22. The number of hydrogen-bond donors (Lipinski definition) is 0. The number of halogens is 1. The maximum atomic E-state index is 12.6. The predicted octanol–water partition coefficient (Wildman–Crippen LogP) is 4.12. The molecule has 1 fully saturated rings. The van der Waals surface area contributed by atoms with Crippen molar-refractivity contribution in [2.45, 2.75) is 32.1 Å². The van der Waals surface area contributed by atoms with Crippen LogP contribution in [0.4, 0.5) is 0 Å². The van der Waals surface area contributed by atoms with Crippen molar-refractivity contribution < 1.29 is 14.3 Å². The molecule has 0 spiro atoms. The summed E-state index contributed by atoms with van der Waals surface area (Å²) in [6.45, 7) is 0. The average Bonchev–Trinajstić information content (AvgIpc) is 2.47. The van der Waals surface area contributed by atoms with E-state index in [2.05, 4.69) is 0 Å². The molecule has 19 heavy (non-hydrogen) atoms.